The van der Waals surface area contributed by atoms with Gasteiger partial charge in [-0.15, -0.1) is 0 Å². The molecule has 1 aromatic rings. The molecule has 3 nitrogen and oxygen atoms in total. The quantitative estimate of drug-likeness (QED) is 0.883. The molecule has 1 N–H and O–H groups in total. The smallest absolute Gasteiger partial charge is 0.165 e. The van der Waals surface area contributed by atoms with Gasteiger partial charge in [0.25, 0.3) is 0 Å². The van der Waals surface area contributed by atoms with Crippen molar-refractivity contribution in [2.24, 2.45) is 5.41 Å². The molecule has 0 heterocycles. The highest BCUT2D eigenvalue weighted by molar-refractivity contribution is 5.46. The van der Waals surface area contributed by atoms with Gasteiger partial charge >= 0.3 is 0 Å². The summed E-state index contributed by atoms with van der Waals surface area (Å²) >= 11 is 0. The number of para-hydroxylation sites is 1. The van der Waals surface area contributed by atoms with E-state index in [1.807, 2.05) is 12.1 Å². The lowest BCUT2D eigenvalue weighted by molar-refractivity contribution is 0.347. The van der Waals surface area contributed by atoms with Gasteiger partial charge in [-0.3, -0.25) is 0 Å². The van der Waals surface area contributed by atoms with Gasteiger partial charge in [-0.25, -0.2) is 0 Å². The van der Waals surface area contributed by atoms with Crippen molar-refractivity contribution >= 4 is 0 Å². The van der Waals surface area contributed by atoms with Crippen LogP contribution in [0.4, 0.5) is 0 Å². The zero-order valence-electron chi connectivity index (χ0n) is 12.5. The van der Waals surface area contributed by atoms with Crippen LogP contribution < -0.4 is 14.8 Å². The Morgan fingerprint density at radius 3 is 2.63 bits per heavy atom. The third kappa shape index (κ3) is 3.41. The van der Waals surface area contributed by atoms with E-state index in [9.17, 15) is 0 Å². The zero-order chi connectivity index (χ0) is 13.9. The summed E-state index contributed by atoms with van der Waals surface area (Å²) in [5.41, 5.74) is 1.64. The average molecular weight is 263 g/mol. The normalized spacial score (nSPS) is 21.4. The summed E-state index contributed by atoms with van der Waals surface area (Å²) < 4.78 is 10.8. The van der Waals surface area contributed by atoms with Crippen LogP contribution in [-0.2, 0) is 6.54 Å². The van der Waals surface area contributed by atoms with Crippen LogP contribution in [0.1, 0.15) is 38.7 Å². The van der Waals surface area contributed by atoms with Crippen molar-refractivity contribution < 1.29 is 9.47 Å². The Bertz CT molecular complexity index is 429. The molecule has 1 atom stereocenters. The molecule has 0 spiro atoms. The third-order valence-electron chi connectivity index (χ3n) is 4.03. The predicted molar refractivity (Wildman–Crippen MR) is 77.8 cm³/mol. The molecule has 1 aliphatic carbocycles. The molecule has 0 amide bonds. The van der Waals surface area contributed by atoms with Gasteiger partial charge in [-0.05, 0) is 30.7 Å². The lowest BCUT2D eigenvalue weighted by Crippen LogP contribution is -2.27. The predicted octanol–water partition coefficient (Wildman–Crippen LogP) is 3.37. The van der Waals surface area contributed by atoms with E-state index in [-0.39, 0.29) is 0 Å². The van der Waals surface area contributed by atoms with E-state index < -0.39 is 0 Å². The van der Waals surface area contributed by atoms with E-state index in [0.29, 0.717) is 11.5 Å². The summed E-state index contributed by atoms with van der Waals surface area (Å²) in [6.07, 6.45) is 3.82. The number of nitrogens with one attached hydrogen (secondary N) is 1. The summed E-state index contributed by atoms with van der Waals surface area (Å²) in [6, 6.07) is 6.65. The zero-order valence-corrected chi connectivity index (χ0v) is 12.5. The Hall–Kier alpha value is -1.22. The highest BCUT2D eigenvalue weighted by Gasteiger charge is 2.30. The van der Waals surface area contributed by atoms with E-state index in [1.54, 1.807) is 14.2 Å². The third-order valence-corrected chi connectivity index (χ3v) is 4.03. The van der Waals surface area contributed by atoms with Gasteiger partial charge in [0, 0.05) is 18.2 Å². The molecular weight excluding hydrogens is 238 g/mol. The lowest BCUT2D eigenvalue weighted by atomic mass is 9.92. The topological polar surface area (TPSA) is 30.5 Å². The maximum Gasteiger partial charge on any atom is 0.165 e. The molecule has 2 rings (SSSR count). The molecule has 0 bridgehead atoms. The van der Waals surface area contributed by atoms with E-state index in [4.69, 9.17) is 9.47 Å². The van der Waals surface area contributed by atoms with Crippen molar-refractivity contribution in [1.82, 2.24) is 5.32 Å². The maximum atomic E-state index is 5.46. The molecule has 106 valence electrons. The van der Waals surface area contributed by atoms with Gasteiger partial charge in [0.05, 0.1) is 14.2 Å². The second kappa shape index (κ2) is 5.83. The molecule has 3 heteroatoms. The first-order valence-corrected chi connectivity index (χ1v) is 6.99. The Morgan fingerprint density at radius 1 is 1.26 bits per heavy atom. The monoisotopic (exact) mass is 263 g/mol. The molecule has 0 aromatic heterocycles. The van der Waals surface area contributed by atoms with Crippen molar-refractivity contribution in [3.05, 3.63) is 23.8 Å². The van der Waals surface area contributed by atoms with Gasteiger partial charge in [0.15, 0.2) is 11.5 Å². The maximum absolute atomic E-state index is 5.46. The van der Waals surface area contributed by atoms with E-state index in [2.05, 4.69) is 25.2 Å². The molecule has 1 aliphatic rings. The summed E-state index contributed by atoms with van der Waals surface area (Å²) in [6.45, 7) is 5.53. The van der Waals surface area contributed by atoms with E-state index >= 15 is 0 Å². The number of benzene rings is 1. The molecule has 0 radical (unpaired) electrons. The highest BCUT2D eigenvalue weighted by Crippen LogP contribution is 2.37. The first-order chi connectivity index (χ1) is 9.05. The van der Waals surface area contributed by atoms with Crippen LogP contribution in [0.5, 0.6) is 11.5 Å². The summed E-state index contributed by atoms with van der Waals surface area (Å²) in [4.78, 5) is 0. The average Bonchev–Trinajstić information content (AvgIpc) is 2.75. The van der Waals surface area contributed by atoms with Crippen LogP contribution in [0.2, 0.25) is 0 Å². The molecule has 0 saturated heterocycles. The molecule has 1 saturated carbocycles. The van der Waals surface area contributed by atoms with Crippen LogP contribution >= 0.6 is 0 Å². The van der Waals surface area contributed by atoms with Crippen molar-refractivity contribution in [2.45, 2.75) is 45.7 Å². The number of hydrogen-bond donors (Lipinski definition) is 1. The van der Waals surface area contributed by atoms with Crippen molar-refractivity contribution in [2.75, 3.05) is 14.2 Å². The van der Waals surface area contributed by atoms with Gasteiger partial charge in [0.2, 0.25) is 0 Å². The Labute approximate surface area is 116 Å². The van der Waals surface area contributed by atoms with Crippen molar-refractivity contribution in [3.63, 3.8) is 0 Å². The minimum absolute atomic E-state index is 0.482. The lowest BCUT2D eigenvalue weighted by Gasteiger charge is -2.19. The minimum atomic E-state index is 0.482. The molecule has 19 heavy (non-hydrogen) atoms. The first kappa shape index (κ1) is 14.2. The van der Waals surface area contributed by atoms with E-state index in [1.165, 1.54) is 19.3 Å². The Morgan fingerprint density at radius 2 is 2.05 bits per heavy atom. The number of ether oxygens (including phenoxy) is 2. The van der Waals surface area contributed by atoms with Crippen LogP contribution in [0.25, 0.3) is 0 Å². The van der Waals surface area contributed by atoms with Gasteiger partial charge in [0.1, 0.15) is 0 Å². The van der Waals surface area contributed by atoms with Gasteiger partial charge in [-0.1, -0.05) is 26.0 Å². The molecule has 1 unspecified atom stereocenters. The second-order valence-electron chi connectivity index (χ2n) is 6.14. The van der Waals surface area contributed by atoms with Gasteiger partial charge < -0.3 is 14.8 Å². The molecule has 0 aliphatic heterocycles. The fourth-order valence-corrected chi connectivity index (χ4v) is 2.96. The fourth-order valence-electron chi connectivity index (χ4n) is 2.96. The van der Waals surface area contributed by atoms with Crippen molar-refractivity contribution in [3.8, 4) is 11.5 Å². The highest BCUT2D eigenvalue weighted by atomic mass is 16.5. The SMILES string of the molecule is COc1cccc(CNC2CCC(C)(C)C2)c1OC. The summed E-state index contributed by atoms with van der Waals surface area (Å²) in [5, 5.41) is 3.64. The number of hydrogen-bond acceptors (Lipinski definition) is 3. The molecule has 1 aromatic carbocycles. The largest absolute Gasteiger partial charge is 0.493 e. The standard InChI is InChI=1S/C16H25NO2/c1-16(2)9-8-13(10-16)17-11-12-6-5-7-14(18-3)15(12)19-4/h5-7,13,17H,8-11H2,1-4H3. The fraction of sp³-hybridized carbons (Fsp3) is 0.625. The van der Waals surface area contributed by atoms with Gasteiger partial charge in [-0.2, -0.15) is 0 Å². The van der Waals surface area contributed by atoms with Crippen LogP contribution in [0.15, 0.2) is 18.2 Å². The van der Waals surface area contributed by atoms with E-state index in [0.717, 1.165) is 23.6 Å². The van der Waals surface area contributed by atoms with Crippen LogP contribution in [0.3, 0.4) is 0 Å². The van der Waals surface area contributed by atoms with Crippen molar-refractivity contribution in [1.29, 1.82) is 0 Å². The number of methoxy groups -OCH3 is 2. The summed E-state index contributed by atoms with van der Waals surface area (Å²) in [5.74, 6) is 1.64. The summed E-state index contributed by atoms with van der Waals surface area (Å²) in [7, 11) is 3.37. The minimum Gasteiger partial charge on any atom is -0.493 e. The Kier molecular flexibility index (Phi) is 4.35. The first-order valence-electron chi connectivity index (χ1n) is 6.99. The van der Waals surface area contributed by atoms with Crippen LogP contribution in [-0.4, -0.2) is 20.3 Å². The number of rotatable bonds is 5. The molecule has 1 fully saturated rings. The molecular formula is C16H25NO2. The Balaban J connectivity index is 2.00. The van der Waals surface area contributed by atoms with Crippen LogP contribution in [0, 0.1) is 5.41 Å². The second-order valence-corrected chi connectivity index (χ2v) is 6.14.